The Kier molecular flexibility index (Phi) is 6.42. The van der Waals surface area contributed by atoms with Gasteiger partial charge in [0.05, 0.1) is 21.0 Å². The first kappa shape index (κ1) is 23.7. The van der Waals surface area contributed by atoms with Crippen LogP contribution in [0.4, 0.5) is 4.39 Å². The second-order valence-electron chi connectivity index (χ2n) is 9.72. The Labute approximate surface area is 218 Å². The van der Waals surface area contributed by atoms with E-state index in [1.165, 1.54) is 17.4 Å². The van der Waals surface area contributed by atoms with Gasteiger partial charge in [0, 0.05) is 42.2 Å². The molecule has 1 aliphatic carbocycles. The molecule has 2 fully saturated rings. The molecule has 0 spiro atoms. The van der Waals surface area contributed by atoms with E-state index in [0.717, 1.165) is 42.5 Å². The number of nitrogens with one attached hydrogen (secondary N) is 1. The fourth-order valence-corrected chi connectivity index (χ4v) is 6.28. The van der Waals surface area contributed by atoms with Crippen molar-refractivity contribution in [3.8, 4) is 10.4 Å². The first-order valence-electron chi connectivity index (χ1n) is 12.8. The summed E-state index contributed by atoms with van der Waals surface area (Å²) < 4.78 is 14.7. The quantitative estimate of drug-likeness (QED) is 0.353. The van der Waals surface area contributed by atoms with Crippen LogP contribution in [0, 0.1) is 5.82 Å². The number of fused-ring (bicyclic) bond motifs is 1. The van der Waals surface area contributed by atoms with Crippen LogP contribution in [0.5, 0.6) is 0 Å². The Hall–Kier alpha value is -3.65. The lowest BCUT2D eigenvalue weighted by Crippen LogP contribution is -2.49. The van der Waals surface area contributed by atoms with E-state index < -0.39 is 0 Å². The van der Waals surface area contributed by atoms with Gasteiger partial charge in [-0.25, -0.2) is 9.37 Å². The molecule has 8 heteroatoms. The highest BCUT2D eigenvalue weighted by Crippen LogP contribution is 2.45. The summed E-state index contributed by atoms with van der Waals surface area (Å²) in [7, 11) is 0. The van der Waals surface area contributed by atoms with Gasteiger partial charge in [0.2, 0.25) is 0 Å². The standard InChI is InChI=1S/C29H27FN4O2S/c30-23-12-2-1-10-21(23)26-25(33-28(37-26)19-13-14-19)29(36)34-16-4-3-9-20(34)17-32-27(35)22-11-5-7-18-8-6-15-31-24(18)22/h1-2,5-8,10-12,15,19-20H,3-4,9,13-14,16-17H2,(H,32,35)/t20-/m0/s1. The highest BCUT2D eigenvalue weighted by atomic mass is 32.1. The molecular weight excluding hydrogens is 487 g/mol. The summed E-state index contributed by atoms with van der Waals surface area (Å²) in [6.07, 6.45) is 6.44. The Morgan fingerprint density at radius 2 is 1.86 bits per heavy atom. The van der Waals surface area contributed by atoms with Crippen LogP contribution in [0.2, 0.25) is 0 Å². The zero-order valence-corrected chi connectivity index (χ0v) is 21.1. The number of para-hydroxylation sites is 1. The number of rotatable bonds is 6. The molecule has 37 heavy (non-hydrogen) atoms. The molecular formula is C29H27FN4O2S. The third-order valence-electron chi connectivity index (χ3n) is 7.15. The summed E-state index contributed by atoms with van der Waals surface area (Å²) >= 11 is 1.43. The zero-order valence-electron chi connectivity index (χ0n) is 20.3. The molecule has 1 saturated carbocycles. The summed E-state index contributed by atoms with van der Waals surface area (Å²) in [6.45, 7) is 0.921. The number of hydrogen-bond acceptors (Lipinski definition) is 5. The van der Waals surface area contributed by atoms with E-state index in [4.69, 9.17) is 4.98 Å². The summed E-state index contributed by atoms with van der Waals surface area (Å²) in [4.78, 5) is 38.5. The van der Waals surface area contributed by atoms with Crippen LogP contribution in [-0.4, -0.2) is 45.8 Å². The number of halogens is 1. The number of benzene rings is 2. The molecule has 0 unspecified atom stereocenters. The van der Waals surface area contributed by atoms with Gasteiger partial charge in [0.1, 0.15) is 11.5 Å². The highest BCUT2D eigenvalue weighted by Gasteiger charge is 2.35. The van der Waals surface area contributed by atoms with Gasteiger partial charge in [-0.05, 0) is 50.3 Å². The predicted molar refractivity (Wildman–Crippen MR) is 142 cm³/mol. The number of hydrogen-bond donors (Lipinski definition) is 1. The van der Waals surface area contributed by atoms with Crippen LogP contribution in [0.1, 0.15) is 63.9 Å². The van der Waals surface area contributed by atoms with Crippen molar-refractivity contribution in [3.05, 3.63) is 82.9 Å². The topological polar surface area (TPSA) is 75.2 Å². The molecule has 2 amide bonds. The number of aromatic nitrogens is 2. The van der Waals surface area contributed by atoms with Crippen molar-refractivity contribution in [2.75, 3.05) is 13.1 Å². The van der Waals surface area contributed by atoms with Gasteiger partial charge in [-0.2, -0.15) is 0 Å². The van der Waals surface area contributed by atoms with E-state index in [0.29, 0.717) is 46.2 Å². The molecule has 1 saturated heterocycles. The second kappa shape index (κ2) is 10.0. The van der Waals surface area contributed by atoms with Gasteiger partial charge >= 0.3 is 0 Å². The van der Waals surface area contributed by atoms with E-state index >= 15 is 0 Å². The Morgan fingerprint density at radius 3 is 2.70 bits per heavy atom. The zero-order chi connectivity index (χ0) is 25.4. The second-order valence-corrected chi connectivity index (χ2v) is 10.8. The number of nitrogens with zero attached hydrogens (tertiary/aromatic N) is 3. The van der Waals surface area contributed by atoms with Gasteiger partial charge in [0.15, 0.2) is 0 Å². The first-order chi connectivity index (χ1) is 18.1. The smallest absolute Gasteiger partial charge is 0.274 e. The van der Waals surface area contributed by atoms with E-state index in [-0.39, 0.29) is 23.7 Å². The Morgan fingerprint density at radius 1 is 1.03 bits per heavy atom. The molecule has 2 aliphatic rings. The monoisotopic (exact) mass is 514 g/mol. The molecule has 6 nitrogen and oxygen atoms in total. The van der Waals surface area contributed by atoms with E-state index in [2.05, 4.69) is 10.3 Å². The summed E-state index contributed by atoms with van der Waals surface area (Å²) in [5, 5.41) is 4.85. The van der Waals surface area contributed by atoms with E-state index in [1.807, 2.05) is 29.2 Å². The minimum Gasteiger partial charge on any atom is -0.350 e. The van der Waals surface area contributed by atoms with Gasteiger partial charge in [-0.1, -0.05) is 36.4 Å². The van der Waals surface area contributed by atoms with Crippen molar-refractivity contribution < 1.29 is 14.0 Å². The van der Waals surface area contributed by atoms with Crippen molar-refractivity contribution in [1.29, 1.82) is 0 Å². The fraction of sp³-hybridized carbons (Fsp3) is 0.310. The predicted octanol–water partition coefficient (Wildman–Crippen LogP) is 5.80. The molecule has 1 aliphatic heterocycles. The van der Waals surface area contributed by atoms with Crippen LogP contribution >= 0.6 is 11.3 Å². The molecule has 188 valence electrons. The fourth-order valence-electron chi connectivity index (χ4n) is 5.02. The van der Waals surface area contributed by atoms with Crippen LogP contribution < -0.4 is 5.32 Å². The molecule has 4 aromatic rings. The molecule has 2 aromatic heterocycles. The van der Waals surface area contributed by atoms with Crippen molar-refractivity contribution in [1.82, 2.24) is 20.2 Å². The Balaban J connectivity index is 1.25. The van der Waals surface area contributed by atoms with Crippen molar-refractivity contribution in [3.63, 3.8) is 0 Å². The van der Waals surface area contributed by atoms with Gasteiger partial charge in [-0.15, -0.1) is 11.3 Å². The molecule has 3 heterocycles. The van der Waals surface area contributed by atoms with Gasteiger partial charge < -0.3 is 10.2 Å². The van der Waals surface area contributed by atoms with Crippen LogP contribution in [0.15, 0.2) is 60.8 Å². The Bertz CT molecular complexity index is 1480. The average molecular weight is 515 g/mol. The molecule has 6 rings (SSSR count). The highest BCUT2D eigenvalue weighted by molar-refractivity contribution is 7.15. The van der Waals surface area contributed by atoms with Crippen LogP contribution in [-0.2, 0) is 0 Å². The third-order valence-corrected chi connectivity index (χ3v) is 8.41. The summed E-state index contributed by atoms with van der Waals surface area (Å²) in [5.41, 5.74) is 1.92. The number of likely N-dealkylation sites (tertiary alicyclic amines) is 1. The number of carbonyl (C=O) groups is 2. The lowest BCUT2D eigenvalue weighted by atomic mass is 10.0. The maximum atomic E-state index is 14.7. The molecule has 0 bridgehead atoms. The largest absolute Gasteiger partial charge is 0.350 e. The molecule has 0 radical (unpaired) electrons. The maximum absolute atomic E-state index is 14.7. The summed E-state index contributed by atoms with van der Waals surface area (Å²) in [6, 6.07) is 15.7. The van der Waals surface area contributed by atoms with Crippen molar-refractivity contribution in [2.24, 2.45) is 0 Å². The first-order valence-corrected chi connectivity index (χ1v) is 13.6. The van der Waals surface area contributed by atoms with Crippen molar-refractivity contribution in [2.45, 2.75) is 44.1 Å². The normalized spacial score (nSPS) is 17.6. The van der Waals surface area contributed by atoms with Gasteiger partial charge in [-0.3, -0.25) is 14.6 Å². The maximum Gasteiger partial charge on any atom is 0.274 e. The summed E-state index contributed by atoms with van der Waals surface area (Å²) in [5.74, 6) is -0.386. The lowest BCUT2D eigenvalue weighted by molar-refractivity contribution is 0.0598. The molecule has 1 atom stereocenters. The van der Waals surface area contributed by atoms with Crippen molar-refractivity contribution >= 4 is 34.1 Å². The number of amides is 2. The molecule has 2 aromatic carbocycles. The number of thiazole rings is 1. The third kappa shape index (κ3) is 4.73. The minimum atomic E-state index is -0.353. The van der Waals surface area contributed by atoms with Crippen LogP contribution in [0.3, 0.4) is 0 Å². The lowest BCUT2D eigenvalue weighted by Gasteiger charge is -2.35. The minimum absolute atomic E-state index is 0.160. The van der Waals surface area contributed by atoms with Crippen LogP contribution in [0.25, 0.3) is 21.3 Å². The number of piperidine rings is 1. The number of pyridine rings is 1. The SMILES string of the molecule is O=C(NC[C@@H]1CCCCN1C(=O)c1nc(C2CC2)sc1-c1ccccc1F)c1cccc2cccnc12. The molecule has 1 N–H and O–H groups in total. The average Bonchev–Trinajstić information content (AvgIpc) is 3.70. The number of carbonyl (C=O) groups excluding carboxylic acids is 2. The van der Waals surface area contributed by atoms with E-state index in [1.54, 1.807) is 30.5 Å². The van der Waals surface area contributed by atoms with Gasteiger partial charge in [0.25, 0.3) is 11.8 Å². The van der Waals surface area contributed by atoms with E-state index in [9.17, 15) is 14.0 Å².